The highest BCUT2D eigenvalue weighted by molar-refractivity contribution is 5.15. The number of hydrogen-bond donors (Lipinski definition) is 0. The van der Waals surface area contributed by atoms with E-state index in [0.29, 0.717) is 0 Å². The molecule has 0 N–H and O–H groups in total. The van der Waals surface area contributed by atoms with Crippen LogP contribution in [0.2, 0.25) is 0 Å². The molecular weight excluding hydrogens is 170 g/mol. The zero-order valence-corrected chi connectivity index (χ0v) is 9.80. The van der Waals surface area contributed by atoms with Gasteiger partial charge in [-0.15, -0.1) is 0 Å². The van der Waals surface area contributed by atoms with Crippen molar-refractivity contribution in [1.82, 2.24) is 0 Å². The first-order chi connectivity index (χ1) is 6.60. The Balaban J connectivity index is 4.64. The number of nitriles is 1. The van der Waals surface area contributed by atoms with Crippen molar-refractivity contribution >= 4 is 0 Å². The van der Waals surface area contributed by atoms with Crippen LogP contribution in [-0.2, 0) is 0 Å². The minimum absolute atomic E-state index is 0.284. The van der Waals surface area contributed by atoms with Crippen molar-refractivity contribution in [3.8, 4) is 6.07 Å². The van der Waals surface area contributed by atoms with E-state index in [1.165, 1.54) is 5.57 Å². The van der Waals surface area contributed by atoms with Gasteiger partial charge in [-0.05, 0) is 33.1 Å². The van der Waals surface area contributed by atoms with Crippen LogP contribution in [0.25, 0.3) is 0 Å². The lowest BCUT2D eigenvalue weighted by Crippen LogP contribution is -2.13. The van der Waals surface area contributed by atoms with Crippen molar-refractivity contribution in [2.45, 2.75) is 47.0 Å². The topological polar surface area (TPSA) is 23.8 Å². The van der Waals surface area contributed by atoms with Crippen LogP contribution in [0.4, 0.5) is 0 Å². The van der Waals surface area contributed by atoms with Gasteiger partial charge < -0.3 is 0 Å². The first kappa shape index (κ1) is 13.0. The van der Waals surface area contributed by atoms with Crippen molar-refractivity contribution in [3.63, 3.8) is 0 Å². The Morgan fingerprint density at radius 1 is 1.36 bits per heavy atom. The summed E-state index contributed by atoms with van der Waals surface area (Å²) in [5.74, 6) is 0. The van der Waals surface area contributed by atoms with E-state index < -0.39 is 0 Å². The van der Waals surface area contributed by atoms with E-state index in [0.717, 1.165) is 19.3 Å². The second-order valence-electron chi connectivity index (χ2n) is 3.92. The lowest BCUT2D eigenvalue weighted by molar-refractivity contribution is 0.493. The first-order valence-corrected chi connectivity index (χ1v) is 5.32. The van der Waals surface area contributed by atoms with Gasteiger partial charge in [-0.1, -0.05) is 37.6 Å². The molecule has 0 amide bonds. The molecule has 0 aliphatic carbocycles. The zero-order chi connectivity index (χ0) is 11.0. The van der Waals surface area contributed by atoms with Crippen LogP contribution in [0.5, 0.6) is 0 Å². The Bertz CT molecular complexity index is 251. The quantitative estimate of drug-likeness (QED) is 0.596. The normalized spacial score (nSPS) is 14.8. The van der Waals surface area contributed by atoms with Crippen LogP contribution in [0.15, 0.2) is 23.8 Å². The smallest absolute Gasteiger partial charge is 0.0785 e. The summed E-state index contributed by atoms with van der Waals surface area (Å²) in [6.45, 7) is 8.31. The van der Waals surface area contributed by atoms with Crippen LogP contribution >= 0.6 is 0 Å². The van der Waals surface area contributed by atoms with E-state index in [4.69, 9.17) is 0 Å². The van der Waals surface area contributed by atoms with Gasteiger partial charge >= 0.3 is 0 Å². The summed E-state index contributed by atoms with van der Waals surface area (Å²) >= 11 is 0. The van der Waals surface area contributed by atoms with E-state index >= 15 is 0 Å². The SMILES string of the molecule is CCC=CC(C#N)(CC)CC=C(C)C. The van der Waals surface area contributed by atoms with Crippen LogP contribution in [0, 0.1) is 16.7 Å². The summed E-state index contributed by atoms with van der Waals surface area (Å²) in [6, 6.07) is 2.42. The van der Waals surface area contributed by atoms with E-state index in [9.17, 15) is 5.26 Å². The van der Waals surface area contributed by atoms with Gasteiger partial charge in [0.15, 0.2) is 0 Å². The Kier molecular flexibility index (Phi) is 5.95. The van der Waals surface area contributed by atoms with Crippen molar-refractivity contribution in [1.29, 1.82) is 5.26 Å². The second kappa shape index (κ2) is 6.43. The number of hydrogen-bond acceptors (Lipinski definition) is 1. The van der Waals surface area contributed by atoms with Gasteiger partial charge in [-0.25, -0.2) is 0 Å². The molecule has 0 rings (SSSR count). The third-order valence-corrected chi connectivity index (χ3v) is 2.40. The molecule has 1 nitrogen and oxygen atoms in total. The molecule has 0 aromatic heterocycles. The number of rotatable bonds is 5. The second-order valence-corrected chi connectivity index (χ2v) is 3.92. The van der Waals surface area contributed by atoms with E-state index in [1.807, 2.05) is 0 Å². The maximum absolute atomic E-state index is 9.19. The Morgan fingerprint density at radius 2 is 2.00 bits per heavy atom. The van der Waals surface area contributed by atoms with Crippen molar-refractivity contribution in [3.05, 3.63) is 23.8 Å². The Morgan fingerprint density at radius 3 is 2.36 bits per heavy atom. The lowest BCUT2D eigenvalue weighted by Gasteiger charge is -2.19. The largest absolute Gasteiger partial charge is 0.197 e. The molecule has 0 fully saturated rings. The van der Waals surface area contributed by atoms with Crippen LogP contribution < -0.4 is 0 Å². The minimum atomic E-state index is -0.284. The Hall–Kier alpha value is -1.03. The van der Waals surface area contributed by atoms with E-state index in [1.54, 1.807) is 0 Å². The van der Waals surface area contributed by atoms with Gasteiger partial charge in [-0.2, -0.15) is 5.26 Å². The summed E-state index contributed by atoms with van der Waals surface area (Å²) in [6.07, 6.45) is 9.01. The van der Waals surface area contributed by atoms with Gasteiger partial charge in [0, 0.05) is 0 Å². The van der Waals surface area contributed by atoms with E-state index in [-0.39, 0.29) is 5.41 Å². The molecule has 14 heavy (non-hydrogen) atoms. The van der Waals surface area contributed by atoms with Gasteiger partial charge in [0.2, 0.25) is 0 Å². The van der Waals surface area contributed by atoms with Gasteiger partial charge in [0.05, 0.1) is 11.5 Å². The molecule has 0 aromatic rings. The first-order valence-electron chi connectivity index (χ1n) is 5.32. The average molecular weight is 191 g/mol. The molecule has 0 saturated carbocycles. The third kappa shape index (κ3) is 4.28. The molecule has 0 heterocycles. The van der Waals surface area contributed by atoms with Crippen LogP contribution in [-0.4, -0.2) is 0 Å². The molecule has 0 bridgehead atoms. The highest BCUT2D eigenvalue weighted by Gasteiger charge is 2.22. The molecule has 0 aromatic carbocycles. The Labute approximate surface area is 88.1 Å². The molecule has 0 aliphatic rings. The minimum Gasteiger partial charge on any atom is -0.197 e. The summed E-state index contributed by atoms with van der Waals surface area (Å²) in [7, 11) is 0. The van der Waals surface area contributed by atoms with Gasteiger partial charge in [0.1, 0.15) is 0 Å². The molecular formula is C13H21N. The zero-order valence-electron chi connectivity index (χ0n) is 9.80. The highest BCUT2D eigenvalue weighted by Crippen LogP contribution is 2.28. The van der Waals surface area contributed by atoms with Crippen molar-refractivity contribution < 1.29 is 0 Å². The molecule has 0 aliphatic heterocycles. The fourth-order valence-corrected chi connectivity index (χ4v) is 1.22. The summed E-state index contributed by atoms with van der Waals surface area (Å²) < 4.78 is 0. The molecule has 78 valence electrons. The predicted molar refractivity (Wildman–Crippen MR) is 61.8 cm³/mol. The van der Waals surface area contributed by atoms with Crippen LogP contribution in [0.3, 0.4) is 0 Å². The third-order valence-electron chi connectivity index (χ3n) is 2.40. The molecule has 0 spiro atoms. The monoisotopic (exact) mass is 191 g/mol. The maximum atomic E-state index is 9.19. The maximum Gasteiger partial charge on any atom is 0.0785 e. The summed E-state index contributed by atoms with van der Waals surface area (Å²) in [4.78, 5) is 0. The summed E-state index contributed by atoms with van der Waals surface area (Å²) in [5.41, 5.74) is 0.996. The molecule has 1 heteroatoms. The fraction of sp³-hybridized carbons (Fsp3) is 0.615. The van der Waals surface area contributed by atoms with Crippen LogP contribution in [0.1, 0.15) is 47.0 Å². The number of nitrogens with zero attached hydrogens (tertiary/aromatic N) is 1. The number of allylic oxidation sites excluding steroid dienone is 4. The predicted octanol–water partition coefficient (Wildman–Crippen LogP) is 4.23. The molecule has 0 saturated heterocycles. The highest BCUT2D eigenvalue weighted by atomic mass is 14.3. The summed E-state index contributed by atoms with van der Waals surface area (Å²) in [5, 5.41) is 9.19. The van der Waals surface area contributed by atoms with Crippen molar-refractivity contribution in [2.75, 3.05) is 0 Å². The lowest BCUT2D eigenvalue weighted by atomic mass is 9.82. The molecule has 1 unspecified atom stereocenters. The molecule has 1 atom stereocenters. The molecule has 0 radical (unpaired) electrons. The van der Waals surface area contributed by atoms with Gasteiger partial charge in [-0.3, -0.25) is 0 Å². The van der Waals surface area contributed by atoms with Gasteiger partial charge in [0.25, 0.3) is 0 Å². The standard InChI is InChI=1S/C13H21N/c1-5-7-9-13(6-2,11-14)10-8-12(3)4/h7-9H,5-6,10H2,1-4H3. The fourth-order valence-electron chi connectivity index (χ4n) is 1.22. The van der Waals surface area contributed by atoms with E-state index in [2.05, 4.69) is 52.0 Å². The van der Waals surface area contributed by atoms with Crippen molar-refractivity contribution in [2.24, 2.45) is 5.41 Å². The average Bonchev–Trinajstić information content (AvgIpc) is 2.19.